The molecule has 39 heavy (non-hydrogen) atoms. The molecule has 1 aromatic heterocycles. The third kappa shape index (κ3) is 6.52. The average Bonchev–Trinajstić information content (AvgIpc) is 3.54. The normalized spacial score (nSPS) is 22.5. The zero-order valence-corrected chi connectivity index (χ0v) is 23.4. The van der Waals surface area contributed by atoms with Gasteiger partial charge in [0.25, 0.3) is 0 Å². The molecule has 0 bridgehead atoms. The summed E-state index contributed by atoms with van der Waals surface area (Å²) >= 11 is 0. The number of aryl methyl sites for hydroxylation is 1. The summed E-state index contributed by atoms with van der Waals surface area (Å²) in [5, 5.41) is 9.70. The molecule has 7 heteroatoms. The van der Waals surface area contributed by atoms with Crippen LogP contribution in [0, 0.1) is 18.7 Å². The highest BCUT2D eigenvalue weighted by Crippen LogP contribution is 2.35. The van der Waals surface area contributed by atoms with Gasteiger partial charge in [-0.05, 0) is 95.2 Å². The second-order valence-corrected chi connectivity index (χ2v) is 11.8. The first-order valence-corrected chi connectivity index (χ1v) is 14.7. The second-order valence-electron chi connectivity index (χ2n) is 11.8. The quantitative estimate of drug-likeness (QED) is 0.419. The number of carbonyl (C=O) groups is 1. The molecule has 0 radical (unpaired) electrons. The lowest BCUT2D eigenvalue weighted by Crippen LogP contribution is -2.45. The van der Waals surface area contributed by atoms with E-state index >= 15 is 0 Å². The molecule has 3 aromatic rings. The van der Waals surface area contributed by atoms with Gasteiger partial charge in [0, 0.05) is 18.7 Å². The molecule has 2 saturated heterocycles. The number of imidazole rings is 1. The van der Waals surface area contributed by atoms with E-state index in [9.17, 15) is 14.3 Å². The van der Waals surface area contributed by atoms with Crippen LogP contribution in [0.25, 0.3) is 11.0 Å². The molecule has 6 rings (SSSR count). The first-order valence-electron chi connectivity index (χ1n) is 14.7. The van der Waals surface area contributed by atoms with Crippen LogP contribution in [0.3, 0.4) is 0 Å². The molecular weight excluding hydrogens is 491 g/mol. The predicted octanol–water partition coefficient (Wildman–Crippen LogP) is 6.26. The van der Waals surface area contributed by atoms with Crippen molar-refractivity contribution in [3.05, 3.63) is 65.7 Å². The topological polar surface area (TPSA) is 61.6 Å². The average molecular weight is 535 g/mol. The van der Waals surface area contributed by atoms with Crippen LogP contribution in [0.1, 0.15) is 74.7 Å². The number of aliphatic carboxylic acids is 1. The molecule has 1 saturated carbocycles. The molecule has 1 N–H and O–H groups in total. The summed E-state index contributed by atoms with van der Waals surface area (Å²) in [5.41, 5.74) is 3.18. The summed E-state index contributed by atoms with van der Waals surface area (Å²) in [5.74, 6) is 1.01. The summed E-state index contributed by atoms with van der Waals surface area (Å²) < 4.78 is 15.5. The van der Waals surface area contributed by atoms with Crippen molar-refractivity contribution in [3.8, 4) is 0 Å². The fourth-order valence-corrected chi connectivity index (χ4v) is 7.05. The summed E-state index contributed by atoms with van der Waals surface area (Å²) in [7, 11) is 2.16. The van der Waals surface area contributed by atoms with E-state index in [1.807, 2.05) is 19.1 Å². The molecule has 0 spiro atoms. The third-order valence-electron chi connectivity index (χ3n) is 9.11. The Morgan fingerprint density at radius 1 is 0.974 bits per heavy atom. The number of fused-ring (bicyclic) bond motifs is 1. The van der Waals surface area contributed by atoms with Crippen molar-refractivity contribution in [1.82, 2.24) is 19.4 Å². The summed E-state index contributed by atoms with van der Waals surface area (Å²) in [6.07, 6.45) is 9.21. The molecule has 2 atom stereocenters. The summed E-state index contributed by atoms with van der Waals surface area (Å²) in [6.45, 7) is 6.07. The highest BCUT2D eigenvalue weighted by atomic mass is 19.1. The van der Waals surface area contributed by atoms with Crippen LogP contribution in [-0.4, -0.2) is 69.7 Å². The number of halogens is 1. The number of carboxylic acids is 1. The van der Waals surface area contributed by atoms with Gasteiger partial charge in [-0.3, -0.25) is 9.69 Å². The van der Waals surface area contributed by atoms with Crippen molar-refractivity contribution in [2.45, 2.75) is 76.3 Å². The fraction of sp³-hybridized carbons (Fsp3) is 0.562. The van der Waals surface area contributed by atoms with E-state index in [4.69, 9.17) is 0 Å². The molecule has 3 fully saturated rings. The summed E-state index contributed by atoms with van der Waals surface area (Å²) in [6, 6.07) is 15.7. The van der Waals surface area contributed by atoms with Crippen LogP contribution < -0.4 is 0 Å². The Balaban J connectivity index is 0.000000160. The Morgan fingerprint density at radius 3 is 2.38 bits per heavy atom. The van der Waals surface area contributed by atoms with E-state index in [1.165, 1.54) is 37.0 Å². The Bertz CT molecular complexity index is 1230. The van der Waals surface area contributed by atoms with Crippen LogP contribution in [0.2, 0.25) is 0 Å². The molecule has 3 aliphatic rings. The Morgan fingerprint density at radius 2 is 1.69 bits per heavy atom. The number of nitrogens with zero attached hydrogens (tertiary/aromatic N) is 4. The van der Waals surface area contributed by atoms with Crippen LogP contribution >= 0.6 is 0 Å². The van der Waals surface area contributed by atoms with Crippen molar-refractivity contribution in [3.63, 3.8) is 0 Å². The molecule has 6 nitrogen and oxygen atoms in total. The van der Waals surface area contributed by atoms with Gasteiger partial charge in [-0.1, -0.05) is 49.6 Å². The molecule has 3 heterocycles. The number of piperidine rings is 1. The van der Waals surface area contributed by atoms with Crippen molar-refractivity contribution < 1.29 is 14.3 Å². The number of benzene rings is 2. The van der Waals surface area contributed by atoms with E-state index in [0.717, 1.165) is 75.1 Å². The lowest BCUT2D eigenvalue weighted by Gasteiger charge is -2.33. The van der Waals surface area contributed by atoms with Gasteiger partial charge >= 0.3 is 5.97 Å². The number of carboxylic acid groups (broad SMARTS) is 1. The largest absolute Gasteiger partial charge is 0.480 e. The zero-order valence-electron chi connectivity index (χ0n) is 23.4. The third-order valence-corrected chi connectivity index (χ3v) is 9.11. The standard InChI is InChI=1S/C18H25NO2.C14H18FN3/c20-18(21)17(15-9-5-2-6-10-15)19-12-11-16(13-19)14-7-3-1-4-8-14;1-10-16-13-9-11(15)3-4-14(13)18(10)12-5-7-17(2)8-6-12/h1,3-4,7-8,15-17H,2,5-6,9-13H2,(H,20,21);3-4,9,12H,5-8H2,1-2H3/t16-,17-;/m1./s1. The van der Waals surface area contributed by atoms with Gasteiger partial charge in [-0.2, -0.15) is 0 Å². The Kier molecular flexibility index (Phi) is 8.98. The predicted molar refractivity (Wildman–Crippen MR) is 154 cm³/mol. The number of likely N-dealkylation sites (tertiary alicyclic amines) is 2. The molecule has 210 valence electrons. The smallest absolute Gasteiger partial charge is 0.321 e. The number of hydrogen-bond acceptors (Lipinski definition) is 4. The van der Waals surface area contributed by atoms with Crippen LogP contribution in [0.5, 0.6) is 0 Å². The molecule has 1 aliphatic carbocycles. The van der Waals surface area contributed by atoms with Crippen LogP contribution in [-0.2, 0) is 4.79 Å². The van der Waals surface area contributed by atoms with Gasteiger partial charge < -0.3 is 14.6 Å². The maximum Gasteiger partial charge on any atom is 0.321 e. The Hall–Kier alpha value is -2.77. The Labute approximate surface area is 231 Å². The molecule has 2 aromatic carbocycles. The molecular formula is C32H43FN4O2. The van der Waals surface area contributed by atoms with E-state index in [0.29, 0.717) is 17.9 Å². The minimum Gasteiger partial charge on any atom is -0.480 e. The van der Waals surface area contributed by atoms with Gasteiger partial charge in [-0.15, -0.1) is 0 Å². The van der Waals surface area contributed by atoms with Gasteiger partial charge in [0.05, 0.1) is 11.0 Å². The first-order chi connectivity index (χ1) is 18.9. The maximum atomic E-state index is 13.2. The van der Waals surface area contributed by atoms with Gasteiger partial charge in [0.15, 0.2) is 0 Å². The van der Waals surface area contributed by atoms with Crippen LogP contribution in [0.15, 0.2) is 48.5 Å². The van der Waals surface area contributed by atoms with Crippen LogP contribution in [0.4, 0.5) is 4.39 Å². The van der Waals surface area contributed by atoms with Gasteiger partial charge in [-0.25, -0.2) is 9.37 Å². The van der Waals surface area contributed by atoms with Crippen molar-refractivity contribution in [1.29, 1.82) is 0 Å². The van der Waals surface area contributed by atoms with E-state index in [2.05, 4.69) is 50.7 Å². The fourth-order valence-electron chi connectivity index (χ4n) is 7.05. The maximum absolute atomic E-state index is 13.2. The van der Waals surface area contributed by atoms with E-state index < -0.39 is 5.97 Å². The highest BCUT2D eigenvalue weighted by molar-refractivity contribution is 5.76. The molecule has 0 amide bonds. The van der Waals surface area contributed by atoms with Crippen molar-refractivity contribution >= 4 is 17.0 Å². The van der Waals surface area contributed by atoms with E-state index in [-0.39, 0.29) is 11.9 Å². The zero-order chi connectivity index (χ0) is 27.4. The number of rotatable bonds is 5. The van der Waals surface area contributed by atoms with E-state index in [1.54, 1.807) is 0 Å². The highest BCUT2D eigenvalue weighted by Gasteiger charge is 2.38. The first kappa shape index (κ1) is 27.8. The number of aromatic nitrogens is 2. The molecule has 0 unspecified atom stereocenters. The monoisotopic (exact) mass is 534 g/mol. The second kappa shape index (κ2) is 12.6. The van der Waals surface area contributed by atoms with Gasteiger partial charge in [0.2, 0.25) is 0 Å². The lowest BCUT2D eigenvalue weighted by molar-refractivity contribution is -0.145. The minimum absolute atomic E-state index is 0.212. The van der Waals surface area contributed by atoms with Gasteiger partial charge in [0.1, 0.15) is 17.7 Å². The molecule has 2 aliphatic heterocycles. The van der Waals surface area contributed by atoms with Crippen molar-refractivity contribution in [2.75, 3.05) is 33.2 Å². The minimum atomic E-state index is -0.615. The number of hydrogen-bond donors (Lipinski definition) is 1. The lowest BCUT2D eigenvalue weighted by atomic mass is 9.83. The SMILES string of the molecule is Cc1nc2cc(F)ccc2n1C1CCN(C)CC1.O=C(O)[C@@H](C1CCCCC1)N1CC[C@@H](c2ccccc2)C1. The van der Waals surface area contributed by atoms with Crippen molar-refractivity contribution in [2.24, 2.45) is 5.92 Å². The summed E-state index contributed by atoms with van der Waals surface area (Å²) in [4.78, 5) is 20.8.